The van der Waals surface area contributed by atoms with E-state index in [0.717, 1.165) is 5.39 Å². The van der Waals surface area contributed by atoms with E-state index in [0.29, 0.717) is 62.9 Å². The van der Waals surface area contributed by atoms with Gasteiger partial charge < -0.3 is 34.6 Å². The number of amides is 4. The first kappa shape index (κ1) is 43.8. The Morgan fingerprint density at radius 2 is 1.78 bits per heavy atom. The van der Waals surface area contributed by atoms with Crippen LogP contribution in [0.25, 0.3) is 10.8 Å². The topological polar surface area (TPSA) is 186 Å². The lowest BCUT2D eigenvalue weighted by atomic mass is 9.88. The van der Waals surface area contributed by atoms with E-state index >= 15 is 0 Å². The molecule has 2 aromatic rings. The van der Waals surface area contributed by atoms with Crippen molar-refractivity contribution in [1.82, 2.24) is 25.2 Å². The summed E-state index contributed by atoms with van der Waals surface area (Å²) in [6, 6.07) is 4.37. The van der Waals surface area contributed by atoms with Crippen LogP contribution in [0.5, 0.6) is 11.6 Å². The fourth-order valence-corrected chi connectivity index (χ4v) is 9.10. The van der Waals surface area contributed by atoms with Gasteiger partial charge in [0.1, 0.15) is 35.3 Å². The largest absolute Gasteiger partial charge is 0.497 e. The number of aromatic nitrogens is 1. The van der Waals surface area contributed by atoms with E-state index < -0.39 is 86.4 Å². The van der Waals surface area contributed by atoms with Gasteiger partial charge in [0.25, 0.3) is 5.91 Å². The summed E-state index contributed by atoms with van der Waals surface area (Å²) in [5.41, 5.74) is -4.52. The van der Waals surface area contributed by atoms with Crippen molar-refractivity contribution in [2.45, 2.75) is 113 Å². The molecule has 6 rings (SSSR count). The molecule has 15 nitrogen and oxygen atoms in total. The Kier molecular flexibility index (Phi) is 12.1. The highest BCUT2D eigenvalue weighted by Gasteiger charge is 2.62. The summed E-state index contributed by atoms with van der Waals surface area (Å²) in [6.45, 7) is 4.80. The lowest BCUT2D eigenvalue weighted by Gasteiger charge is -2.34. The molecule has 324 valence electrons. The molecule has 3 N–H and O–H groups in total. The summed E-state index contributed by atoms with van der Waals surface area (Å²) in [7, 11) is 1.14. The Labute approximate surface area is 341 Å². The van der Waals surface area contributed by atoms with Gasteiger partial charge in [-0.2, -0.15) is 18.2 Å². The van der Waals surface area contributed by atoms with Crippen LogP contribution in [0, 0.1) is 17.8 Å². The van der Waals surface area contributed by atoms with Gasteiger partial charge in [0.05, 0.1) is 18.9 Å². The maximum absolute atomic E-state index is 14.8. The van der Waals surface area contributed by atoms with E-state index in [1.54, 1.807) is 50.2 Å². The average Bonchev–Trinajstić information content (AvgIpc) is 4.07. The molecule has 2 aliphatic carbocycles. The van der Waals surface area contributed by atoms with Crippen LogP contribution in [0.3, 0.4) is 0 Å². The number of ether oxygens (including phenoxy) is 3. The van der Waals surface area contributed by atoms with Crippen molar-refractivity contribution in [3.63, 3.8) is 0 Å². The minimum Gasteiger partial charge on any atom is -0.497 e. The van der Waals surface area contributed by atoms with Crippen molar-refractivity contribution in [3.8, 4) is 11.6 Å². The third-order valence-corrected chi connectivity index (χ3v) is 13.5. The van der Waals surface area contributed by atoms with Crippen molar-refractivity contribution >= 4 is 50.4 Å². The van der Waals surface area contributed by atoms with Gasteiger partial charge in [-0.25, -0.2) is 13.2 Å². The summed E-state index contributed by atoms with van der Waals surface area (Å²) in [4.78, 5) is 64.0. The molecule has 0 bridgehead atoms. The van der Waals surface area contributed by atoms with Crippen LogP contribution < -0.4 is 29.7 Å². The predicted molar refractivity (Wildman–Crippen MR) is 211 cm³/mol. The van der Waals surface area contributed by atoms with Crippen LogP contribution in [-0.2, 0) is 29.1 Å². The Morgan fingerprint density at radius 1 is 1.07 bits per heavy atom. The van der Waals surface area contributed by atoms with Crippen LogP contribution in [0.2, 0.25) is 0 Å². The van der Waals surface area contributed by atoms with Gasteiger partial charge in [0.2, 0.25) is 33.3 Å². The summed E-state index contributed by atoms with van der Waals surface area (Å²) in [5, 5.41) is 5.82. The number of halogens is 3. The summed E-state index contributed by atoms with van der Waals surface area (Å²) < 4.78 is 86.0. The number of alkyl carbamates (subject to hydrolysis) is 1. The van der Waals surface area contributed by atoms with Gasteiger partial charge >= 0.3 is 12.3 Å². The third kappa shape index (κ3) is 9.49. The highest BCUT2D eigenvalue weighted by molar-refractivity contribution is 7.91. The molecule has 2 saturated carbocycles. The lowest BCUT2D eigenvalue weighted by molar-refractivity contribution is -0.244. The van der Waals surface area contributed by atoms with Gasteiger partial charge in [-0.15, -0.1) is 0 Å². The van der Waals surface area contributed by atoms with E-state index in [9.17, 15) is 40.8 Å². The molecule has 0 radical (unpaired) electrons. The summed E-state index contributed by atoms with van der Waals surface area (Å²) in [5.74, 6) is -2.35. The van der Waals surface area contributed by atoms with E-state index in [4.69, 9.17) is 19.2 Å². The number of allylic oxidation sites excluding steroid dienone is 1. The first-order valence-corrected chi connectivity index (χ1v) is 21.3. The molecule has 0 spiro atoms. The molecule has 3 fully saturated rings. The Hall–Kier alpha value is -4.81. The number of methoxy groups -OCH3 is 1. The third-order valence-electron chi connectivity index (χ3n) is 11.6. The molecule has 19 heteroatoms. The van der Waals surface area contributed by atoms with E-state index in [2.05, 4.69) is 15.4 Å². The zero-order valence-electron chi connectivity index (χ0n) is 34.2. The van der Waals surface area contributed by atoms with E-state index in [-0.39, 0.29) is 31.2 Å². The lowest BCUT2D eigenvalue weighted by Crippen LogP contribution is -2.59. The fourth-order valence-electron chi connectivity index (χ4n) is 7.74. The zero-order valence-corrected chi connectivity index (χ0v) is 35.0. The molecular formula is C40H53F3N6O9S. The Bertz CT molecular complexity index is 2110. The smallest absolute Gasteiger partial charge is 0.427 e. The van der Waals surface area contributed by atoms with Crippen LogP contribution >= 0.6 is 0 Å². The summed E-state index contributed by atoms with van der Waals surface area (Å²) >= 11 is 0. The number of sulfonamides is 1. The van der Waals surface area contributed by atoms with Crippen molar-refractivity contribution in [1.29, 1.82) is 0 Å². The van der Waals surface area contributed by atoms with Crippen LogP contribution in [0.15, 0.2) is 36.4 Å². The van der Waals surface area contributed by atoms with Gasteiger partial charge in [0.15, 0.2) is 0 Å². The SMILES string of the molecule is COc1ccc2c(O[C@@H]3C[C@H]4C(=O)N[C@]5(C(=O)NS(=O)(=O)C6CC6)CC5/C=C\CC[C@H](C)C[C@@H](C)[C@H](NC(=O)OC(C)(C)C(F)(F)F)C(=O)N4C3)nc(N(C)C)cc2c1. The monoisotopic (exact) mass is 850 g/mol. The van der Waals surface area contributed by atoms with E-state index in [1.807, 2.05) is 19.1 Å². The van der Waals surface area contributed by atoms with E-state index in [1.165, 1.54) is 12.0 Å². The number of hydrogen-bond acceptors (Lipinski definition) is 11. The van der Waals surface area contributed by atoms with Gasteiger partial charge in [0, 0.05) is 31.8 Å². The van der Waals surface area contributed by atoms with Crippen molar-refractivity contribution in [3.05, 3.63) is 36.4 Å². The minimum absolute atomic E-state index is 0.0392. The zero-order chi connectivity index (χ0) is 43.2. The molecule has 1 aromatic carbocycles. The second kappa shape index (κ2) is 16.3. The van der Waals surface area contributed by atoms with Crippen molar-refractivity contribution in [2.24, 2.45) is 17.8 Å². The molecule has 3 heterocycles. The molecule has 4 amide bonds. The first-order chi connectivity index (χ1) is 27.5. The number of anilines is 1. The highest BCUT2D eigenvalue weighted by Crippen LogP contribution is 2.46. The standard InChI is InChI=1S/C40H53F3N6O9S/c1-22-10-8-9-11-25-20-39(25,36(52)47-59(54,55)28-13-14-28)46-33(50)30-19-27(57-34-29-15-12-26(56-7)17-24(29)18-31(44-34)48(5)6)21-49(30)35(51)32(23(2)16-22)45-37(53)58-38(3,4)40(41,42)43/h9,11-12,15,17-18,22-23,25,27-28,30,32H,8,10,13-14,16,19-21H2,1-7H3,(H,45,53)(H,46,50)(H,47,52)/b11-9-/t22-,23+,25?,27+,30-,32-,39+/m0/s1. The maximum Gasteiger partial charge on any atom is 0.427 e. The molecule has 4 aliphatic rings. The second-order valence-corrected chi connectivity index (χ2v) is 19.0. The normalized spacial score (nSPS) is 28.5. The average molecular weight is 851 g/mol. The van der Waals surface area contributed by atoms with Gasteiger partial charge in [-0.05, 0) is 93.9 Å². The Morgan fingerprint density at radius 3 is 2.42 bits per heavy atom. The quantitative estimate of drug-likeness (QED) is 0.300. The number of carbonyl (C=O) groups is 4. The number of pyridine rings is 1. The number of alkyl halides is 3. The van der Waals surface area contributed by atoms with Crippen LogP contribution in [0.4, 0.5) is 23.8 Å². The Balaban J connectivity index is 1.37. The summed E-state index contributed by atoms with van der Waals surface area (Å²) in [6.07, 6.45) is -1.29. The van der Waals surface area contributed by atoms with Gasteiger partial charge in [-0.3, -0.25) is 19.1 Å². The molecule has 7 atom stereocenters. The van der Waals surface area contributed by atoms with Crippen molar-refractivity contribution in [2.75, 3.05) is 32.6 Å². The second-order valence-electron chi connectivity index (χ2n) is 17.0. The molecule has 2 aliphatic heterocycles. The molecule has 59 heavy (non-hydrogen) atoms. The number of fused-ring (bicyclic) bond motifs is 3. The predicted octanol–water partition coefficient (Wildman–Crippen LogP) is 4.59. The first-order valence-electron chi connectivity index (χ1n) is 19.8. The van der Waals surface area contributed by atoms with Crippen LogP contribution in [0.1, 0.15) is 72.6 Å². The van der Waals surface area contributed by atoms with Gasteiger partial charge in [-0.1, -0.05) is 26.0 Å². The highest BCUT2D eigenvalue weighted by atomic mass is 32.2. The number of hydrogen-bond donors (Lipinski definition) is 3. The molecule has 1 unspecified atom stereocenters. The maximum atomic E-state index is 14.8. The molecule has 1 saturated heterocycles. The minimum atomic E-state index is -4.92. The van der Waals surface area contributed by atoms with Crippen molar-refractivity contribution < 1.29 is 55.0 Å². The molecule has 1 aromatic heterocycles. The fraction of sp³-hybridized carbons (Fsp3) is 0.625. The number of carbonyl (C=O) groups excluding carboxylic acids is 4. The molecular weight excluding hydrogens is 798 g/mol. The number of rotatable bonds is 9. The number of benzene rings is 1. The number of nitrogens with one attached hydrogen (secondary N) is 3. The van der Waals surface area contributed by atoms with Crippen LogP contribution in [-0.4, -0.2) is 111 Å². The number of nitrogens with zero attached hydrogens (tertiary/aromatic N) is 3.